The molecule has 0 aliphatic rings. The van der Waals surface area contributed by atoms with Crippen molar-refractivity contribution in [2.45, 2.75) is 13.0 Å². The molecular formula is C16H16ClNO. The van der Waals surface area contributed by atoms with Crippen LogP contribution in [0.2, 0.25) is 5.02 Å². The van der Waals surface area contributed by atoms with Gasteiger partial charge in [0.2, 0.25) is 0 Å². The first kappa shape index (κ1) is 13.8. The third-order valence-electron chi connectivity index (χ3n) is 3.03. The van der Waals surface area contributed by atoms with E-state index >= 15 is 0 Å². The molecule has 3 heteroatoms. The normalized spacial score (nSPS) is 12.1. The second-order valence-electron chi connectivity index (χ2n) is 4.44. The Kier molecular flexibility index (Phi) is 4.72. The molecule has 0 heterocycles. The molecule has 1 N–H and O–H groups in total. The van der Waals surface area contributed by atoms with E-state index in [0.29, 0.717) is 17.1 Å². The van der Waals surface area contributed by atoms with Gasteiger partial charge in [0.1, 0.15) is 0 Å². The number of hydrogen-bond donors (Lipinski definition) is 1. The molecule has 98 valence electrons. The Morgan fingerprint density at radius 3 is 2.37 bits per heavy atom. The number of halogens is 1. The zero-order chi connectivity index (χ0) is 13.7. The van der Waals surface area contributed by atoms with Gasteiger partial charge in [0.05, 0.1) is 6.54 Å². The molecule has 0 fully saturated rings. The standard InChI is InChI=1S/C16H16ClNO/c1-12(13-5-3-2-4-6-13)18-11-16(19)14-7-9-15(17)10-8-14/h2-10,12,18H,11H2,1H3/t12-/m1/s1. The number of carbonyl (C=O) groups excluding carboxylic acids is 1. The summed E-state index contributed by atoms with van der Waals surface area (Å²) in [6.07, 6.45) is 0. The summed E-state index contributed by atoms with van der Waals surface area (Å²) in [5, 5.41) is 3.87. The average Bonchev–Trinajstić information content (AvgIpc) is 2.46. The summed E-state index contributed by atoms with van der Waals surface area (Å²) in [6.45, 7) is 2.36. The van der Waals surface area contributed by atoms with Gasteiger partial charge >= 0.3 is 0 Å². The summed E-state index contributed by atoms with van der Waals surface area (Å²) in [5.74, 6) is 0.0689. The molecule has 0 bridgehead atoms. The predicted octanol–water partition coefficient (Wildman–Crippen LogP) is 3.87. The highest BCUT2D eigenvalue weighted by atomic mass is 35.5. The molecule has 0 unspecified atom stereocenters. The van der Waals surface area contributed by atoms with Gasteiger partial charge in [-0.15, -0.1) is 0 Å². The second-order valence-corrected chi connectivity index (χ2v) is 4.88. The number of Topliss-reactive ketones (excluding diaryl/α,β-unsaturated/α-hetero) is 1. The quantitative estimate of drug-likeness (QED) is 0.838. The first-order valence-electron chi connectivity index (χ1n) is 6.24. The maximum Gasteiger partial charge on any atom is 0.176 e. The molecule has 0 aromatic heterocycles. The van der Waals surface area contributed by atoms with Gasteiger partial charge in [0.25, 0.3) is 0 Å². The lowest BCUT2D eigenvalue weighted by Crippen LogP contribution is -2.25. The van der Waals surface area contributed by atoms with Crippen molar-refractivity contribution >= 4 is 17.4 Å². The highest BCUT2D eigenvalue weighted by Gasteiger charge is 2.09. The average molecular weight is 274 g/mol. The van der Waals surface area contributed by atoms with E-state index in [1.165, 1.54) is 5.56 Å². The van der Waals surface area contributed by atoms with E-state index in [2.05, 4.69) is 5.32 Å². The van der Waals surface area contributed by atoms with E-state index in [-0.39, 0.29) is 11.8 Å². The second kappa shape index (κ2) is 6.50. The Bertz CT molecular complexity index is 536. The van der Waals surface area contributed by atoms with Crippen molar-refractivity contribution in [1.82, 2.24) is 5.32 Å². The molecule has 0 saturated heterocycles. The van der Waals surface area contributed by atoms with Crippen molar-refractivity contribution in [2.75, 3.05) is 6.54 Å². The van der Waals surface area contributed by atoms with Crippen LogP contribution in [0.1, 0.15) is 28.9 Å². The third kappa shape index (κ3) is 3.91. The van der Waals surface area contributed by atoms with Crippen molar-refractivity contribution in [3.63, 3.8) is 0 Å². The zero-order valence-electron chi connectivity index (χ0n) is 10.8. The van der Waals surface area contributed by atoms with Crippen LogP contribution in [0.25, 0.3) is 0 Å². The fraction of sp³-hybridized carbons (Fsp3) is 0.188. The highest BCUT2D eigenvalue weighted by molar-refractivity contribution is 6.30. The molecular weight excluding hydrogens is 258 g/mol. The van der Waals surface area contributed by atoms with E-state index in [1.54, 1.807) is 24.3 Å². The number of ketones is 1. The van der Waals surface area contributed by atoms with Gasteiger partial charge in [-0.2, -0.15) is 0 Å². The molecule has 0 aliphatic carbocycles. The molecule has 0 amide bonds. The summed E-state index contributed by atoms with van der Waals surface area (Å²) in [4.78, 5) is 12.0. The van der Waals surface area contributed by atoms with E-state index in [9.17, 15) is 4.79 Å². The number of nitrogens with one attached hydrogen (secondary N) is 1. The Hall–Kier alpha value is -1.64. The Balaban J connectivity index is 1.92. The van der Waals surface area contributed by atoms with Crippen molar-refractivity contribution < 1.29 is 4.79 Å². The minimum Gasteiger partial charge on any atom is -0.303 e. The Labute approximate surface area is 118 Å². The van der Waals surface area contributed by atoms with Crippen LogP contribution in [-0.2, 0) is 0 Å². The van der Waals surface area contributed by atoms with E-state index in [1.807, 2.05) is 37.3 Å². The van der Waals surface area contributed by atoms with Gasteiger partial charge in [0.15, 0.2) is 5.78 Å². The molecule has 2 rings (SSSR count). The molecule has 0 aliphatic heterocycles. The smallest absolute Gasteiger partial charge is 0.176 e. The summed E-state index contributed by atoms with van der Waals surface area (Å²) in [7, 11) is 0. The lowest BCUT2D eigenvalue weighted by atomic mass is 10.1. The van der Waals surface area contributed by atoms with Crippen molar-refractivity contribution in [1.29, 1.82) is 0 Å². The molecule has 2 aromatic rings. The van der Waals surface area contributed by atoms with E-state index < -0.39 is 0 Å². The van der Waals surface area contributed by atoms with Crippen LogP contribution in [0, 0.1) is 0 Å². The molecule has 0 saturated carbocycles. The fourth-order valence-electron chi connectivity index (χ4n) is 1.84. The summed E-state index contributed by atoms with van der Waals surface area (Å²) in [6, 6.07) is 17.2. The van der Waals surface area contributed by atoms with Gasteiger partial charge in [-0.05, 0) is 36.8 Å². The van der Waals surface area contributed by atoms with Crippen LogP contribution in [-0.4, -0.2) is 12.3 Å². The van der Waals surface area contributed by atoms with Crippen LogP contribution < -0.4 is 5.32 Å². The fourth-order valence-corrected chi connectivity index (χ4v) is 1.97. The van der Waals surface area contributed by atoms with Crippen LogP contribution in [0.15, 0.2) is 54.6 Å². The molecule has 2 aromatic carbocycles. The third-order valence-corrected chi connectivity index (χ3v) is 3.29. The lowest BCUT2D eigenvalue weighted by Gasteiger charge is -2.13. The number of hydrogen-bond acceptors (Lipinski definition) is 2. The first-order chi connectivity index (χ1) is 9.16. The summed E-state index contributed by atoms with van der Waals surface area (Å²) >= 11 is 5.80. The molecule has 0 spiro atoms. The first-order valence-corrected chi connectivity index (χ1v) is 6.61. The zero-order valence-corrected chi connectivity index (χ0v) is 11.5. The minimum absolute atomic E-state index is 0.0689. The SMILES string of the molecule is C[C@@H](NCC(=O)c1ccc(Cl)cc1)c1ccccc1. The maximum absolute atomic E-state index is 12.0. The highest BCUT2D eigenvalue weighted by Crippen LogP contribution is 2.12. The van der Waals surface area contributed by atoms with Gasteiger partial charge in [-0.1, -0.05) is 41.9 Å². The summed E-state index contributed by atoms with van der Waals surface area (Å²) in [5.41, 5.74) is 1.85. The van der Waals surface area contributed by atoms with Crippen LogP contribution in [0.3, 0.4) is 0 Å². The van der Waals surface area contributed by atoms with Crippen LogP contribution in [0.4, 0.5) is 0 Å². The van der Waals surface area contributed by atoms with E-state index in [0.717, 1.165) is 0 Å². The Morgan fingerprint density at radius 2 is 1.74 bits per heavy atom. The lowest BCUT2D eigenvalue weighted by molar-refractivity contribution is 0.0988. The van der Waals surface area contributed by atoms with Gasteiger partial charge in [0, 0.05) is 16.6 Å². The number of carbonyl (C=O) groups is 1. The van der Waals surface area contributed by atoms with Crippen molar-refractivity contribution in [3.8, 4) is 0 Å². The van der Waals surface area contributed by atoms with E-state index in [4.69, 9.17) is 11.6 Å². The number of rotatable bonds is 5. The van der Waals surface area contributed by atoms with Crippen LogP contribution in [0.5, 0.6) is 0 Å². The molecule has 0 radical (unpaired) electrons. The van der Waals surface area contributed by atoms with Crippen molar-refractivity contribution in [3.05, 3.63) is 70.7 Å². The minimum atomic E-state index is 0.0689. The maximum atomic E-state index is 12.0. The molecule has 1 atom stereocenters. The monoisotopic (exact) mass is 273 g/mol. The van der Waals surface area contributed by atoms with Gasteiger partial charge < -0.3 is 5.32 Å². The molecule has 19 heavy (non-hydrogen) atoms. The van der Waals surface area contributed by atoms with Crippen molar-refractivity contribution in [2.24, 2.45) is 0 Å². The number of benzene rings is 2. The topological polar surface area (TPSA) is 29.1 Å². The van der Waals surface area contributed by atoms with Gasteiger partial charge in [-0.3, -0.25) is 4.79 Å². The molecule has 2 nitrogen and oxygen atoms in total. The largest absolute Gasteiger partial charge is 0.303 e. The Morgan fingerprint density at radius 1 is 1.11 bits per heavy atom. The van der Waals surface area contributed by atoms with Crippen LogP contribution >= 0.6 is 11.6 Å². The summed E-state index contributed by atoms with van der Waals surface area (Å²) < 4.78 is 0. The predicted molar refractivity (Wildman–Crippen MR) is 78.6 cm³/mol. The van der Waals surface area contributed by atoms with Gasteiger partial charge in [-0.25, -0.2) is 0 Å².